The summed E-state index contributed by atoms with van der Waals surface area (Å²) in [5.41, 5.74) is -0.299. The zero-order valence-electron chi connectivity index (χ0n) is 9.91. The van der Waals surface area contributed by atoms with Gasteiger partial charge in [0.2, 0.25) is 0 Å². The first-order valence-corrected chi connectivity index (χ1v) is 5.60. The van der Waals surface area contributed by atoms with Gasteiger partial charge in [-0.3, -0.25) is 0 Å². The summed E-state index contributed by atoms with van der Waals surface area (Å²) in [6, 6.07) is 5.78. The Hall–Kier alpha value is -1.86. The van der Waals surface area contributed by atoms with Crippen molar-refractivity contribution in [2.45, 2.75) is 20.0 Å². The van der Waals surface area contributed by atoms with Gasteiger partial charge in [0.05, 0.1) is 11.1 Å². The lowest BCUT2D eigenvalue weighted by Crippen LogP contribution is -2.12. The summed E-state index contributed by atoms with van der Waals surface area (Å²) in [4.78, 5) is 11.5. The Morgan fingerprint density at radius 2 is 2.22 bits per heavy atom. The van der Waals surface area contributed by atoms with Crippen LogP contribution in [0, 0.1) is 17.1 Å². The fourth-order valence-corrected chi connectivity index (χ4v) is 1.42. The highest BCUT2D eigenvalue weighted by Crippen LogP contribution is 2.22. The summed E-state index contributed by atoms with van der Waals surface area (Å²) in [5, 5.41) is 8.99. The van der Waals surface area contributed by atoms with Crippen LogP contribution in [0.5, 0.6) is 0 Å². The number of rotatable bonds is 3. The first-order valence-electron chi connectivity index (χ1n) is 5.22. The Morgan fingerprint density at radius 1 is 1.56 bits per heavy atom. The molecule has 0 saturated heterocycles. The average molecular weight is 268 g/mol. The number of benzene rings is 1. The number of hydrogen-bond donors (Lipinski definition) is 0. The van der Waals surface area contributed by atoms with Crippen LogP contribution >= 0.6 is 11.6 Å². The molecule has 0 bridgehead atoms. The van der Waals surface area contributed by atoms with Gasteiger partial charge in [-0.2, -0.15) is 5.26 Å². The van der Waals surface area contributed by atoms with Crippen LogP contribution in [-0.4, -0.2) is 12.1 Å². The molecule has 94 valence electrons. The lowest BCUT2D eigenvalue weighted by atomic mass is 10.1. The van der Waals surface area contributed by atoms with E-state index in [1.54, 1.807) is 19.9 Å². The van der Waals surface area contributed by atoms with Gasteiger partial charge in [-0.15, -0.1) is 0 Å². The highest BCUT2D eigenvalue weighted by Gasteiger charge is 2.14. The van der Waals surface area contributed by atoms with E-state index in [0.29, 0.717) is 0 Å². The van der Waals surface area contributed by atoms with Crippen LogP contribution in [0.2, 0.25) is 5.02 Å². The zero-order chi connectivity index (χ0) is 13.7. The van der Waals surface area contributed by atoms with Crippen molar-refractivity contribution in [1.29, 1.82) is 5.26 Å². The maximum Gasteiger partial charge on any atom is 0.349 e. The molecular formula is C13H11ClFNO2. The first-order chi connectivity index (χ1) is 8.45. The topological polar surface area (TPSA) is 50.1 Å². The van der Waals surface area contributed by atoms with Crippen molar-refractivity contribution in [1.82, 2.24) is 0 Å². The van der Waals surface area contributed by atoms with E-state index in [0.717, 1.165) is 6.08 Å². The lowest BCUT2D eigenvalue weighted by molar-refractivity contribution is -0.142. The predicted octanol–water partition coefficient (Wildman–Crippen LogP) is 3.34. The molecule has 5 heteroatoms. The zero-order valence-corrected chi connectivity index (χ0v) is 10.7. The van der Waals surface area contributed by atoms with E-state index in [2.05, 4.69) is 0 Å². The van der Waals surface area contributed by atoms with E-state index < -0.39 is 11.8 Å². The number of esters is 1. The molecule has 1 rings (SSSR count). The minimum Gasteiger partial charge on any atom is -0.459 e. The molecule has 0 N–H and O–H groups in total. The molecule has 18 heavy (non-hydrogen) atoms. The molecule has 0 amide bonds. The molecule has 3 nitrogen and oxygen atoms in total. The van der Waals surface area contributed by atoms with E-state index in [-0.39, 0.29) is 22.3 Å². The largest absolute Gasteiger partial charge is 0.459 e. The third-order valence-electron chi connectivity index (χ3n) is 1.97. The number of nitrogens with zero attached hydrogens (tertiary/aromatic N) is 1. The highest BCUT2D eigenvalue weighted by atomic mass is 35.5. The summed E-state index contributed by atoms with van der Waals surface area (Å²) >= 11 is 5.79. The lowest BCUT2D eigenvalue weighted by Gasteiger charge is -2.07. The Bertz CT molecular complexity index is 512. The van der Waals surface area contributed by atoms with Gasteiger partial charge in [0, 0.05) is 5.56 Å². The molecule has 1 aromatic rings. The van der Waals surface area contributed by atoms with Crippen molar-refractivity contribution < 1.29 is 13.9 Å². The standard InChI is InChI=1S/C13H11ClFNO2/c1-8(2)18-13(17)9(7-16)6-10-11(14)4-3-5-12(10)15/h3-6,8H,1-2H3. The number of ether oxygens (including phenoxy) is 1. The van der Waals surface area contributed by atoms with Crippen LogP contribution < -0.4 is 0 Å². The minimum atomic E-state index is -0.799. The van der Waals surface area contributed by atoms with Crippen molar-refractivity contribution in [3.05, 3.63) is 40.2 Å². The summed E-state index contributed by atoms with van der Waals surface area (Å²) in [5.74, 6) is -1.40. The van der Waals surface area contributed by atoms with Crippen LogP contribution in [0.1, 0.15) is 19.4 Å². The second-order valence-corrected chi connectivity index (χ2v) is 4.17. The molecule has 0 spiro atoms. The summed E-state index contributed by atoms with van der Waals surface area (Å²) in [6.45, 7) is 3.31. The van der Waals surface area contributed by atoms with Crippen LogP contribution in [0.15, 0.2) is 23.8 Å². The number of carbonyl (C=O) groups is 1. The Morgan fingerprint density at radius 3 is 2.72 bits per heavy atom. The maximum atomic E-state index is 13.5. The van der Waals surface area contributed by atoms with Gasteiger partial charge in [-0.1, -0.05) is 17.7 Å². The van der Waals surface area contributed by atoms with E-state index >= 15 is 0 Å². The van der Waals surface area contributed by atoms with E-state index in [9.17, 15) is 9.18 Å². The van der Waals surface area contributed by atoms with Crippen molar-refractivity contribution in [2.75, 3.05) is 0 Å². The van der Waals surface area contributed by atoms with Gasteiger partial charge in [0.25, 0.3) is 0 Å². The molecule has 0 saturated carbocycles. The minimum absolute atomic E-state index is 0.00331. The second-order valence-electron chi connectivity index (χ2n) is 3.76. The van der Waals surface area contributed by atoms with Gasteiger partial charge in [-0.05, 0) is 32.1 Å². The van der Waals surface area contributed by atoms with Crippen molar-refractivity contribution in [3.8, 4) is 6.07 Å². The van der Waals surface area contributed by atoms with Crippen molar-refractivity contribution >= 4 is 23.6 Å². The van der Waals surface area contributed by atoms with Crippen LogP contribution in [-0.2, 0) is 9.53 Å². The van der Waals surface area contributed by atoms with Gasteiger partial charge in [0.15, 0.2) is 0 Å². The smallest absolute Gasteiger partial charge is 0.349 e. The van der Waals surface area contributed by atoms with Crippen LogP contribution in [0.3, 0.4) is 0 Å². The Labute approximate surface area is 109 Å². The monoisotopic (exact) mass is 267 g/mol. The van der Waals surface area contributed by atoms with Crippen molar-refractivity contribution in [2.24, 2.45) is 0 Å². The highest BCUT2D eigenvalue weighted by molar-refractivity contribution is 6.32. The van der Waals surface area contributed by atoms with Gasteiger partial charge >= 0.3 is 5.97 Å². The maximum absolute atomic E-state index is 13.5. The van der Waals surface area contributed by atoms with Crippen LogP contribution in [0.25, 0.3) is 6.08 Å². The molecule has 0 aliphatic rings. The van der Waals surface area contributed by atoms with Gasteiger partial charge in [0.1, 0.15) is 17.5 Å². The van der Waals surface area contributed by atoms with Gasteiger partial charge < -0.3 is 4.74 Å². The van der Waals surface area contributed by atoms with E-state index in [1.165, 1.54) is 18.2 Å². The summed E-state index contributed by atoms with van der Waals surface area (Å²) in [7, 11) is 0. The molecule has 0 heterocycles. The molecule has 0 fully saturated rings. The Kier molecular flexibility index (Phi) is 4.87. The van der Waals surface area contributed by atoms with Crippen molar-refractivity contribution in [3.63, 3.8) is 0 Å². The summed E-state index contributed by atoms with van der Waals surface area (Å²) < 4.78 is 18.3. The molecule has 0 aliphatic heterocycles. The fraction of sp³-hybridized carbons (Fsp3) is 0.231. The second kappa shape index (κ2) is 6.18. The predicted molar refractivity (Wildman–Crippen MR) is 66.2 cm³/mol. The molecule has 0 aromatic heterocycles. The fourth-order valence-electron chi connectivity index (χ4n) is 1.21. The normalized spacial score (nSPS) is 11.2. The first kappa shape index (κ1) is 14.2. The number of hydrogen-bond acceptors (Lipinski definition) is 3. The molecule has 1 aromatic carbocycles. The van der Waals surface area contributed by atoms with Gasteiger partial charge in [-0.25, -0.2) is 9.18 Å². The average Bonchev–Trinajstić information content (AvgIpc) is 2.27. The number of nitriles is 1. The molecule has 0 radical (unpaired) electrons. The van der Waals surface area contributed by atoms with E-state index in [4.69, 9.17) is 21.6 Å². The molecule has 0 unspecified atom stereocenters. The SMILES string of the molecule is CC(C)OC(=O)C(C#N)=Cc1c(F)cccc1Cl. The van der Waals surface area contributed by atoms with Crippen LogP contribution in [0.4, 0.5) is 4.39 Å². The summed E-state index contributed by atoms with van der Waals surface area (Å²) in [6.07, 6.45) is 0.730. The molecule has 0 atom stereocenters. The Balaban J connectivity index is 3.13. The molecular weight excluding hydrogens is 257 g/mol. The molecule has 0 aliphatic carbocycles. The van der Waals surface area contributed by atoms with E-state index in [1.807, 2.05) is 0 Å². The number of carbonyl (C=O) groups excluding carboxylic acids is 1. The quantitative estimate of drug-likeness (QED) is 0.479. The third kappa shape index (κ3) is 3.57. The number of halogens is 2. The third-order valence-corrected chi connectivity index (χ3v) is 2.30.